The molecule has 118 valence electrons. The Balaban J connectivity index is 1.84. The molecule has 0 spiro atoms. The molecule has 21 heavy (non-hydrogen) atoms. The van der Waals surface area contributed by atoms with Crippen molar-refractivity contribution in [2.75, 3.05) is 37.4 Å². The van der Waals surface area contributed by atoms with Gasteiger partial charge in [0.2, 0.25) is 10.0 Å². The number of thioether (sulfide) groups is 1. The maximum atomic E-state index is 12.3. The highest BCUT2D eigenvalue weighted by molar-refractivity contribution is 8.00. The highest BCUT2D eigenvalue weighted by Gasteiger charge is 2.28. The van der Waals surface area contributed by atoms with Gasteiger partial charge in [0.15, 0.2) is 0 Å². The molecule has 1 atom stereocenters. The van der Waals surface area contributed by atoms with Crippen molar-refractivity contribution < 1.29 is 13.2 Å². The SMILES string of the molecule is COC1CCCN(S(=O)(=O)CCSc2ccc(N)cc2)C1. The van der Waals surface area contributed by atoms with E-state index in [9.17, 15) is 8.42 Å². The van der Waals surface area contributed by atoms with Crippen LogP contribution in [0.4, 0.5) is 5.69 Å². The van der Waals surface area contributed by atoms with Gasteiger partial charge in [-0.2, -0.15) is 4.31 Å². The van der Waals surface area contributed by atoms with Crippen LogP contribution in [-0.2, 0) is 14.8 Å². The summed E-state index contributed by atoms with van der Waals surface area (Å²) in [5.41, 5.74) is 6.34. The molecule has 1 aromatic rings. The number of piperidine rings is 1. The summed E-state index contributed by atoms with van der Waals surface area (Å²) in [5.74, 6) is 0.693. The molecule has 7 heteroatoms. The van der Waals surface area contributed by atoms with E-state index in [0.717, 1.165) is 17.7 Å². The Hall–Kier alpha value is -0.760. The second kappa shape index (κ2) is 7.49. The Morgan fingerprint density at radius 2 is 2.10 bits per heavy atom. The molecule has 0 aliphatic carbocycles. The maximum absolute atomic E-state index is 12.3. The molecule has 0 bridgehead atoms. The minimum absolute atomic E-state index is 0.0262. The lowest BCUT2D eigenvalue weighted by Gasteiger charge is -2.31. The third-order valence-electron chi connectivity index (χ3n) is 3.56. The van der Waals surface area contributed by atoms with Crippen LogP contribution in [0.15, 0.2) is 29.2 Å². The van der Waals surface area contributed by atoms with Gasteiger partial charge in [0.05, 0.1) is 11.9 Å². The van der Waals surface area contributed by atoms with E-state index in [1.54, 1.807) is 11.4 Å². The molecule has 1 aromatic carbocycles. The van der Waals surface area contributed by atoms with Crippen LogP contribution in [0.1, 0.15) is 12.8 Å². The highest BCUT2D eigenvalue weighted by Crippen LogP contribution is 2.21. The molecule has 2 rings (SSSR count). The molecular formula is C14H22N2O3S2. The van der Waals surface area contributed by atoms with E-state index in [-0.39, 0.29) is 11.9 Å². The largest absolute Gasteiger partial charge is 0.399 e. The van der Waals surface area contributed by atoms with Gasteiger partial charge in [-0.25, -0.2) is 8.42 Å². The molecule has 1 heterocycles. The summed E-state index contributed by atoms with van der Waals surface area (Å²) in [6, 6.07) is 7.47. The number of methoxy groups -OCH3 is 1. The molecule has 1 aliphatic rings. The monoisotopic (exact) mass is 330 g/mol. The lowest BCUT2D eigenvalue weighted by molar-refractivity contribution is 0.0572. The van der Waals surface area contributed by atoms with E-state index in [2.05, 4.69) is 0 Å². The van der Waals surface area contributed by atoms with Crippen LogP contribution < -0.4 is 5.73 Å². The first-order chi connectivity index (χ1) is 10.0. The Morgan fingerprint density at radius 1 is 1.38 bits per heavy atom. The predicted molar refractivity (Wildman–Crippen MR) is 87.0 cm³/mol. The maximum Gasteiger partial charge on any atom is 0.215 e. The van der Waals surface area contributed by atoms with Crippen LogP contribution in [-0.4, -0.2) is 50.5 Å². The number of hydrogen-bond acceptors (Lipinski definition) is 5. The van der Waals surface area contributed by atoms with Crippen molar-refractivity contribution in [3.8, 4) is 0 Å². The first-order valence-electron chi connectivity index (χ1n) is 7.00. The zero-order valence-electron chi connectivity index (χ0n) is 12.2. The fourth-order valence-corrected chi connectivity index (χ4v) is 5.11. The van der Waals surface area contributed by atoms with Crippen LogP contribution in [0.3, 0.4) is 0 Å². The highest BCUT2D eigenvalue weighted by atomic mass is 32.2. The minimum atomic E-state index is -3.20. The van der Waals surface area contributed by atoms with E-state index in [1.807, 2.05) is 24.3 Å². The van der Waals surface area contributed by atoms with E-state index in [0.29, 0.717) is 24.5 Å². The van der Waals surface area contributed by atoms with Gasteiger partial charge in [-0.3, -0.25) is 0 Å². The molecule has 5 nitrogen and oxygen atoms in total. The average Bonchev–Trinajstić information content (AvgIpc) is 2.49. The fourth-order valence-electron chi connectivity index (χ4n) is 2.31. The van der Waals surface area contributed by atoms with Crippen LogP contribution in [0.5, 0.6) is 0 Å². The minimum Gasteiger partial charge on any atom is -0.399 e. The lowest BCUT2D eigenvalue weighted by atomic mass is 10.1. The third-order valence-corrected chi connectivity index (χ3v) is 6.67. The van der Waals surface area contributed by atoms with Crippen molar-refractivity contribution in [2.24, 2.45) is 0 Å². The molecule has 2 N–H and O–H groups in total. The molecule has 1 unspecified atom stereocenters. The Kier molecular flexibility index (Phi) is 5.92. The second-order valence-corrected chi connectivity index (χ2v) is 8.35. The summed E-state index contributed by atoms with van der Waals surface area (Å²) in [6.45, 7) is 1.08. The summed E-state index contributed by atoms with van der Waals surface area (Å²) >= 11 is 1.53. The quantitative estimate of drug-likeness (QED) is 0.636. The predicted octanol–water partition coefficient (Wildman–Crippen LogP) is 1.80. The summed E-state index contributed by atoms with van der Waals surface area (Å²) in [6.07, 6.45) is 1.82. The van der Waals surface area contributed by atoms with Gasteiger partial charge in [0.25, 0.3) is 0 Å². The standard InChI is InChI=1S/C14H22N2O3S2/c1-19-13-3-2-8-16(11-13)21(17,18)10-9-20-14-6-4-12(15)5-7-14/h4-7,13H,2-3,8-11,15H2,1H3. The van der Waals surface area contributed by atoms with Crippen LogP contribution >= 0.6 is 11.8 Å². The van der Waals surface area contributed by atoms with Crippen LogP contribution in [0, 0.1) is 0 Å². The first kappa shape index (κ1) is 16.6. The molecule has 0 amide bonds. The number of nitrogens with zero attached hydrogens (tertiary/aromatic N) is 1. The van der Waals surface area contributed by atoms with E-state index in [1.165, 1.54) is 11.8 Å². The Morgan fingerprint density at radius 3 is 2.76 bits per heavy atom. The Labute approximate surface area is 130 Å². The number of nitrogens with two attached hydrogens (primary N) is 1. The Bertz CT molecular complexity index is 546. The van der Waals surface area contributed by atoms with Gasteiger partial charge in [0, 0.05) is 36.5 Å². The molecular weight excluding hydrogens is 308 g/mol. The number of nitrogen functional groups attached to an aromatic ring is 1. The molecule has 0 aromatic heterocycles. The van der Waals surface area contributed by atoms with Gasteiger partial charge in [-0.15, -0.1) is 11.8 Å². The van der Waals surface area contributed by atoms with Crippen molar-refractivity contribution in [3.63, 3.8) is 0 Å². The second-order valence-electron chi connectivity index (χ2n) is 5.09. The fraction of sp³-hybridized carbons (Fsp3) is 0.571. The van der Waals surface area contributed by atoms with Crippen molar-refractivity contribution >= 4 is 27.5 Å². The summed E-state index contributed by atoms with van der Waals surface area (Å²) in [7, 11) is -1.56. The van der Waals surface area contributed by atoms with Gasteiger partial charge in [0.1, 0.15) is 0 Å². The van der Waals surface area contributed by atoms with E-state index in [4.69, 9.17) is 10.5 Å². The van der Waals surface area contributed by atoms with Gasteiger partial charge in [-0.1, -0.05) is 0 Å². The number of sulfonamides is 1. The van der Waals surface area contributed by atoms with E-state index >= 15 is 0 Å². The van der Waals surface area contributed by atoms with E-state index < -0.39 is 10.0 Å². The van der Waals surface area contributed by atoms with Crippen molar-refractivity contribution in [3.05, 3.63) is 24.3 Å². The summed E-state index contributed by atoms with van der Waals surface area (Å²) < 4.78 is 31.5. The number of hydrogen-bond donors (Lipinski definition) is 1. The zero-order valence-corrected chi connectivity index (χ0v) is 13.8. The lowest BCUT2D eigenvalue weighted by Crippen LogP contribution is -2.44. The van der Waals surface area contributed by atoms with Crippen LogP contribution in [0.2, 0.25) is 0 Å². The average molecular weight is 330 g/mol. The number of rotatable bonds is 6. The molecule has 1 fully saturated rings. The van der Waals surface area contributed by atoms with Crippen LogP contribution in [0.25, 0.3) is 0 Å². The van der Waals surface area contributed by atoms with Gasteiger partial charge >= 0.3 is 0 Å². The molecule has 1 aliphatic heterocycles. The molecule has 0 radical (unpaired) electrons. The number of benzene rings is 1. The smallest absolute Gasteiger partial charge is 0.215 e. The normalized spacial score (nSPS) is 20.5. The van der Waals surface area contributed by atoms with Crippen molar-refractivity contribution in [1.82, 2.24) is 4.31 Å². The molecule has 0 saturated carbocycles. The van der Waals surface area contributed by atoms with Crippen molar-refractivity contribution in [1.29, 1.82) is 0 Å². The van der Waals surface area contributed by atoms with Crippen molar-refractivity contribution in [2.45, 2.75) is 23.8 Å². The zero-order chi connectivity index (χ0) is 15.3. The molecule has 1 saturated heterocycles. The summed E-state index contributed by atoms with van der Waals surface area (Å²) in [5, 5.41) is 0. The summed E-state index contributed by atoms with van der Waals surface area (Å²) in [4.78, 5) is 1.04. The topological polar surface area (TPSA) is 72.6 Å². The third kappa shape index (κ3) is 4.88. The number of anilines is 1. The van der Waals surface area contributed by atoms with Gasteiger partial charge < -0.3 is 10.5 Å². The number of ether oxygens (including phenoxy) is 1. The van der Waals surface area contributed by atoms with Gasteiger partial charge in [-0.05, 0) is 37.1 Å². The first-order valence-corrected chi connectivity index (χ1v) is 9.60.